The number of halogens is 2. The molecule has 0 spiro atoms. The Bertz CT molecular complexity index is 685. The van der Waals surface area contributed by atoms with Crippen LogP contribution in [0, 0.1) is 11.7 Å². The summed E-state index contributed by atoms with van der Waals surface area (Å²) in [5.74, 6) is -0.0315. The molecule has 1 aromatic heterocycles. The first-order valence-corrected chi connectivity index (χ1v) is 7.09. The molecule has 21 heavy (non-hydrogen) atoms. The van der Waals surface area contributed by atoms with Gasteiger partial charge in [-0.3, -0.25) is 4.79 Å². The van der Waals surface area contributed by atoms with Crippen LogP contribution in [-0.2, 0) is 6.54 Å². The number of hydrogen-bond acceptors (Lipinski definition) is 3. The number of nitrogens with zero attached hydrogens (tertiary/aromatic N) is 2. The predicted molar refractivity (Wildman–Crippen MR) is 82.3 cm³/mol. The van der Waals surface area contributed by atoms with Gasteiger partial charge in [0, 0.05) is 12.6 Å². The van der Waals surface area contributed by atoms with E-state index in [-0.39, 0.29) is 17.1 Å². The summed E-state index contributed by atoms with van der Waals surface area (Å²) in [4.78, 5) is 12.0. The number of hydrogen-bond donors (Lipinski definition) is 1. The van der Waals surface area contributed by atoms with Gasteiger partial charge < -0.3 is 5.32 Å². The molecule has 0 fully saturated rings. The normalized spacial score (nSPS) is 10.9. The van der Waals surface area contributed by atoms with Crippen molar-refractivity contribution in [3.8, 4) is 0 Å². The van der Waals surface area contributed by atoms with Gasteiger partial charge in [0.05, 0.1) is 23.5 Å². The smallest absolute Gasteiger partial charge is 0.269 e. The molecule has 0 amide bonds. The fraction of sp³-hybridized carbons (Fsp3) is 0.333. The Morgan fingerprint density at radius 1 is 1.43 bits per heavy atom. The Labute approximate surface area is 127 Å². The topological polar surface area (TPSA) is 46.9 Å². The van der Waals surface area contributed by atoms with Crippen molar-refractivity contribution in [2.75, 3.05) is 11.9 Å². The molecule has 4 nitrogen and oxygen atoms in total. The summed E-state index contributed by atoms with van der Waals surface area (Å²) in [5, 5.41) is 7.24. The fourth-order valence-electron chi connectivity index (χ4n) is 1.80. The zero-order chi connectivity index (χ0) is 15.4. The van der Waals surface area contributed by atoms with Gasteiger partial charge in [0.15, 0.2) is 0 Å². The number of rotatable bonds is 5. The Hall–Kier alpha value is -1.88. The molecule has 0 aliphatic rings. The second-order valence-electron chi connectivity index (χ2n) is 5.23. The van der Waals surface area contributed by atoms with E-state index in [1.165, 1.54) is 16.8 Å². The first-order valence-electron chi connectivity index (χ1n) is 6.71. The average Bonchev–Trinajstić information content (AvgIpc) is 2.44. The van der Waals surface area contributed by atoms with Crippen molar-refractivity contribution in [3.05, 3.63) is 57.2 Å². The second kappa shape index (κ2) is 6.72. The standard InChI is InChI=1S/C15H17ClFN3O/c1-10(2)7-18-12-6-14(21)20(19-8-12)9-11-4-3-5-13(17)15(11)16/h3-6,8,10,18H,7,9H2,1-2H3. The average molecular weight is 310 g/mol. The van der Waals surface area contributed by atoms with E-state index in [1.54, 1.807) is 18.3 Å². The zero-order valence-electron chi connectivity index (χ0n) is 11.9. The maximum Gasteiger partial charge on any atom is 0.269 e. The van der Waals surface area contributed by atoms with E-state index >= 15 is 0 Å². The van der Waals surface area contributed by atoms with Crippen LogP contribution in [0.4, 0.5) is 10.1 Å². The minimum atomic E-state index is -0.502. The number of nitrogens with one attached hydrogen (secondary N) is 1. The molecule has 2 aromatic rings. The molecule has 2 rings (SSSR count). The third kappa shape index (κ3) is 4.04. The summed E-state index contributed by atoms with van der Waals surface area (Å²) < 4.78 is 14.6. The van der Waals surface area contributed by atoms with E-state index in [2.05, 4.69) is 24.3 Å². The second-order valence-corrected chi connectivity index (χ2v) is 5.61. The molecule has 1 heterocycles. The summed E-state index contributed by atoms with van der Waals surface area (Å²) >= 11 is 5.88. The van der Waals surface area contributed by atoms with E-state index in [9.17, 15) is 9.18 Å². The lowest BCUT2D eigenvalue weighted by atomic mass is 10.2. The molecule has 0 aliphatic carbocycles. The van der Waals surface area contributed by atoms with Crippen molar-refractivity contribution < 1.29 is 4.39 Å². The van der Waals surface area contributed by atoms with Crippen LogP contribution < -0.4 is 10.9 Å². The lowest BCUT2D eigenvalue weighted by Crippen LogP contribution is -2.23. The lowest BCUT2D eigenvalue weighted by molar-refractivity contribution is 0.611. The fourth-order valence-corrected chi connectivity index (χ4v) is 1.99. The van der Waals surface area contributed by atoms with Crippen molar-refractivity contribution in [2.45, 2.75) is 20.4 Å². The van der Waals surface area contributed by atoms with Crippen LogP contribution in [0.25, 0.3) is 0 Å². The highest BCUT2D eigenvalue weighted by Gasteiger charge is 2.08. The molecule has 6 heteroatoms. The molecule has 0 aliphatic heterocycles. The summed E-state index contributed by atoms with van der Waals surface area (Å²) in [6, 6.07) is 5.98. The van der Waals surface area contributed by atoms with E-state index in [4.69, 9.17) is 11.6 Å². The van der Waals surface area contributed by atoms with Gasteiger partial charge in [-0.1, -0.05) is 37.6 Å². The molecular formula is C15H17ClFN3O. The molecule has 0 bridgehead atoms. The van der Waals surface area contributed by atoms with Gasteiger partial charge in [0.2, 0.25) is 0 Å². The van der Waals surface area contributed by atoms with Crippen LogP contribution in [0.5, 0.6) is 0 Å². The number of aromatic nitrogens is 2. The van der Waals surface area contributed by atoms with Crippen LogP contribution >= 0.6 is 11.6 Å². The van der Waals surface area contributed by atoms with Crippen molar-refractivity contribution in [3.63, 3.8) is 0 Å². The molecule has 0 unspecified atom stereocenters. The van der Waals surface area contributed by atoms with Gasteiger partial charge in [-0.15, -0.1) is 0 Å². The molecule has 112 valence electrons. The van der Waals surface area contributed by atoms with Crippen molar-refractivity contribution in [1.82, 2.24) is 9.78 Å². The van der Waals surface area contributed by atoms with Crippen LogP contribution in [-0.4, -0.2) is 16.3 Å². The molecule has 0 saturated heterocycles. The Balaban J connectivity index is 2.18. The quantitative estimate of drug-likeness (QED) is 0.923. The molecule has 0 saturated carbocycles. The summed E-state index contributed by atoms with van der Waals surface area (Å²) in [6.45, 7) is 5.06. The first kappa shape index (κ1) is 15.5. The Morgan fingerprint density at radius 3 is 2.86 bits per heavy atom. The Morgan fingerprint density at radius 2 is 2.19 bits per heavy atom. The van der Waals surface area contributed by atoms with Gasteiger partial charge in [-0.05, 0) is 17.5 Å². The summed E-state index contributed by atoms with van der Waals surface area (Å²) in [5.41, 5.74) is 0.938. The van der Waals surface area contributed by atoms with Gasteiger partial charge in [0.1, 0.15) is 5.82 Å². The van der Waals surface area contributed by atoms with Gasteiger partial charge >= 0.3 is 0 Å². The molecule has 0 atom stereocenters. The van der Waals surface area contributed by atoms with Gasteiger partial charge in [-0.2, -0.15) is 5.10 Å². The zero-order valence-corrected chi connectivity index (χ0v) is 12.7. The third-order valence-corrected chi connectivity index (χ3v) is 3.36. The third-order valence-electron chi connectivity index (χ3n) is 2.94. The minimum Gasteiger partial charge on any atom is -0.383 e. The van der Waals surface area contributed by atoms with E-state index in [1.807, 2.05) is 0 Å². The maximum atomic E-state index is 13.4. The SMILES string of the molecule is CC(C)CNc1cnn(Cc2cccc(F)c2Cl)c(=O)c1. The molecule has 1 aromatic carbocycles. The highest BCUT2D eigenvalue weighted by Crippen LogP contribution is 2.19. The van der Waals surface area contributed by atoms with Crippen molar-refractivity contribution >= 4 is 17.3 Å². The van der Waals surface area contributed by atoms with Crippen LogP contribution in [0.15, 0.2) is 35.3 Å². The van der Waals surface area contributed by atoms with Crippen molar-refractivity contribution in [2.24, 2.45) is 5.92 Å². The Kier molecular flexibility index (Phi) is 4.96. The maximum absolute atomic E-state index is 13.4. The highest BCUT2D eigenvalue weighted by atomic mass is 35.5. The lowest BCUT2D eigenvalue weighted by Gasteiger charge is -2.10. The van der Waals surface area contributed by atoms with E-state index in [0.29, 0.717) is 17.2 Å². The van der Waals surface area contributed by atoms with Gasteiger partial charge in [-0.25, -0.2) is 9.07 Å². The number of benzene rings is 1. The van der Waals surface area contributed by atoms with Crippen LogP contribution in [0.2, 0.25) is 5.02 Å². The van der Waals surface area contributed by atoms with Gasteiger partial charge in [0.25, 0.3) is 5.56 Å². The highest BCUT2D eigenvalue weighted by molar-refractivity contribution is 6.31. The molecular weight excluding hydrogens is 293 g/mol. The minimum absolute atomic E-state index is 0.0215. The largest absolute Gasteiger partial charge is 0.383 e. The number of anilines is 1. The predicted octanol–water partition coefficient (Wildman–Crippen LogP) is 3.15. The monoisotopic (exact) mass is 309 g/mol. The first-order chi connectivity index (χ1) is 9.97. The van der Waals surface area contributed by atoms with Crippen LogP contribution in [0.3, 0.4) is 0 Å². The molecule has 1 N–H and O–H groups in total. The van der Waals surface area contributed by atoms with Crippen LogP contribution in [0.1, 0.15) is 19.4 Å². The summed E-state index contributed by atoms with van der Waals surface area (Å²) in [6.07, 6.45) is 1.58. The summed E-state index contributed by atoms with van der Waals surface area (Å²) in [7, 11) is 0. The van der Waals surface area contributed by atoms with E-state index in [0.717, 1.165) is 6.54 Å². The van der Waals surface area contributed by atoms with E-state index < -0.39 is 5.82 Å². The molecule has 0 radical (unpaired) electrons. The van der Waals surface area contributed by atoms with Crippen molar-refractivity contribution in [1.29, 1.82) is 0 Å².